The second-order valence-electron chi connectivity index (χ2n) is 7.58. The van der Waals surface area contributed by atoms with E-state index in [0.717, 1.165) is 29.2 Å². The summed E-state index contributed by atoms with van der Waals surface area (Å²) in [7, 11) is 1.64. The number of carbonyl (C=O) groups is 1. The Morgan fingerprint density at radius 2 is 2.00 bits per heavy atom. The van der Waals surface area contributed by atoms with Crippen molar-refractivity contribution in [3.8, 4) is 17.1 Å². The van der Waals surface area contributed by atoms with E-state index in [0.29, 0.717) is 11.7 Å². The van der Waals surface area contributed by atoms with E-state index in [9.17, 15) is 4.79 Å². The molecule has 2 unspecified atom stereocenters. The first kappa shape index (κ1) is 21.2. The molecule has 0 fully saturated rings. The van der Waals surface area contributed by atoms with E-state index < -0.39 is 0 Å². The number of methoxy groups -OCH3 is 1. The lowest BCUT2D eigenvalue weighted by atomic mass is 10.1. The van der Waals surface area contributed by atoms with E-state index in [4.69, 9.17) is 4.74 Å². The molecule has 1 amide bonds. The predicted octanol–water partition coefficient (Wildman–Crippen LogP) is 4.60. The Labute approximate surface area is 186 Å². The predicted molar refractivity (Wildman–Crippen MR) is 125 cm³/mol. The van der Waals surface area contributed by atoms with Crippen molar-refractivity contribution in [3.05, 3.63) is 66.7 Å². The number of para-hydroxylation sites is 1. The molecule has 4 rings (SSSR count). The fourth-order valence-electron chi connectivity index (χ4n) is 3.93. The summed E-state index contributed by atoms with van der Waals surface area (Å²) in [6.07, 6.45) is 2.69. The molecule has 0 saturated heterocycles. The summed E-state index contributed by atoms with van der Waals surface area (Å²) in [6, 6.07) is 16.0. The SMILES string of the molecule is C=CCn1c(SC(C)C(=O)N2c3ccccc3CC2C)nnc1-c1ccc(OC)cc1. The number of hydrogen-bond donors (Lipinski definition) is 0. The normalized spacial score (nSPS) is 16.1. The molecule has 2 atom stereocenters. The number of amides is 1. The Bertz CT molecular complexity index is 1090. The van der Waals surface area contributed by atoms with Crippen LogP contribution >= 0.6 is 11.8 Å². The molecule has 0 aliphatic carbocycles. The number of allylic oxidation sites excluding steroid dienone is 1. The molecule has 31 heavy (non-hydrogen) atoms. The van der Waals surface area contributed by atoms with E-state index >= 15 is 0 Å². The first-order valence-corrected chi connectivity index (χ1v) is 11.2. The topological polar surface area (TPSA) is 60.2 Å². The molecule has 0 N–H and O–H groups in total. The zero-order chi connectivity index (χ0) is 22.0. The van der Waals surface area contributed by atoms with Crippen LogP contribution in [-0.2, 0) is 17.8 Å². The van der Waals surface area contributed by atoms with Crippen molar-refractivity contribution < 1.29 is 9.53 Å². The van der Waals surface area contributed by atoms with Crippen molar-refractivity contribution in [2.45, 2.75) is 43.3 Å². The van der Waals surface area contributed by atoms with Crippen molar-refractivity contribution in [3.63, 3.8) is 0 Å². The highest BCUT2D eigenvalue weighted by Gasteiger charge is 2.34. The van der Waals surface area contributed by atoms with Crippen molar-refractivity contribution in [1.29, 1.82) is 0 Å². The van der Waals surface area contributed by atoms with Crippen LogP contribution in [0.4, 0.5) is 5.69 Å². The lowest BCUT2D eigenvalue weighted by molar-refractivity contribution is -0.118. The van der Waals surface area contributed by atoms with Crippen molar-refractivity contribution in [2.24, 2.45) is 0 Å². The van der Waals surface area contributed by atoms with Gasteiger partial charge in [-0.2, -0.15) is 0 Å². The maximum absolute atomic E-state index is 13.4. The van der Waals surface area contributed by atoms with Gasteiger partial charge < -0.3 is 9.64 Å². The fourth-order valence-corrected chi connectivity index (χ4v) is 4.84. The molecular formula is C24H26N4O2S. The van der Waals surface area contributed by atoms with E-state index in [1.54, 1.807) is 7.11 Å². The number of aromatic nitrogens is 3. The number of anilines is 1. The number of benzene rings is 2. The van der Waals surface area contributed by atoms with Gasteiger partial charge in [0.05, 0.1) is 12.4 Å². The summed E-state index contributed by atoms with van der Waals surface area (Å²) < 4.78 is 7.23. The van der Waals surface area contributed by atoms with Crippen molar-refractivity contribution >= 4 is 23.4 Å². The molecule has 0 radical (unpaired) electrons. The number of ether oxygens (including phenoxy) is 1. The second-order valence-corrected chi connectivity index (χ2v) is 8.89. The number of thioether (sulfide) groups is 1. The number of fused-ring (bicyclic) bond motifs is 1. The number of carbonyl (C=O) groups excluding carboxylic acids is 1. The zero-order valence-electron chi connectivity index (χ0n) is 18.0. The minimum absolute atomic E-state index is 0.0848. The summed E-state index contributed by atoms with van der Waals surface area (Å²) in [5.41, 5.74) is 3.17. The molecule has 3 aromatic rings. The summed E-state index contributed by atoms with van der Waals surface area (Å²) in [4.78, 5) is 15.3. The first-order chi connectivity index (χ1) is 15.0. The molecule has 1 aliphatic heterocycles. The average Bonchev–Trinajstić information content (AvgIpc) is 3.33. The highest BCUT2D eigenvalue weighted by molar-refractivity contribution is 8.00. The summed E-state index contributed by atoms with van der Waals surface area (Å²) in [6.45, 7) is 8.45. The zero-order valence-corrected chi connectivity index (χ0v) is 18.8. The molecule has 6 nitrogen and oxygen atoms in total. The largest absolute Gasteiger partial charge is 0.497 e. The summed E-state index contributed by atoms with van der Waals surface area (Å²) >= 11 is 1.43. The van der Waals surface area contributed by atoms with Gasteiger partial charge in [-0.15, -0.1) is 16.8 Å². The van der Waals surface area contributed by atoms with Gasteiger partial charge in [-0.05, 0) is 56.2 Å². The van der Waals surface area contributed by atoms with Crippen LogP contribution in [0.3, 0.4) is 0 Å². The van der Waals surface area contributed by atoms with Crippen LogP contribution in [0.2, 0.25) is 0 Å². The lowest BCUT2D eigenvalue weighted by Gasteiger charge is -2.25. The van der Waals surface area contributed by atoms with Gasteiger partial charge in [0.1, 0.15) is 5.75 Å². The Balaban J connectivity index is 1.58. The highest BCUT2D eigenvalue weighted by Crippen LogP contribution is 2.35. The molecule has 160 valence electrons. The van der Waals surface area contributed by atoms with Crippen LogP contribution in [0, 0.1) is 0 Å². The van der Waals surface area contributed by atoms with Crippen LogP contribution in [0.15, 0.2) is 66.3 Å². The van der Waals surface area contributed by atoms with Crippen LogP contribution in [0.5, 0.6) is 5.75 Å². The van der Waals surface area contributed by atoms with Gasteiger partial charge in [0.15, 0.2) is 11.0 Å². The van der Waals surface area contributed by atoms with E-state index in [-0.39, 0.29) is 17.2 Å². The maximum Gasteiger partial charge on any atom is 0.240 e. The molecule has 0 spiro atoms. The van der Waals surface area contributed by atoms with Gasteiger partial charge in [-0.25, -0.2) is 0 Å². The Morgan fingerprint density at radius 1 is 1.26 bits per heavy atom. The van der Waals surface area contributed by atoms with Crippen LogP contribution < -0.4 is 9.64 Å². The third kappa shape index (κ3) is 4.10. The minimum Gasteiger partial charge on any atom is -0.497 e. The third-order valence-electron chi connectivity index (χ3n) is 5.45. The third-order valence-corrected chi connectivity index (χ3v) is 6.52. The Morgan fingerprint density at radius 3 is 2.71 bits per heavy atom. The van der Waals surface area contributed by atoms with Gasteiger partial charge in [0, 0.05) is 23.8 Å². The molecule has 7 heteroatoms. The number of nitrogens with zero attached hydrogens (tertiary/aromatic N) is 4. The van der Waals surface area contributed by atoms with Crippen LogP contribution in [0.25, 0.3) is 11.4 Å². The Hall–Kier alpha value is -3.06. The average molecular weight is 435 g/mol. The monoisotopic (exact) mass is 434 g/mol. The van der Waals surface area contributed by atoms with Crippen molar-refractivity contribution in [1.82, 2.24) is 14.8 Å². The summed E-state index contributed by atoms with van der Waals surface area (Å²) in [5.74, 6) is 1.61. The second kappa shape index (κ2) is 8.98. The molecule has 0 saturated carbocycles. The van der Waals surface area contributed by atoms with E-state index in [1.165, 1.54) is 17.3 Å². The van der Waals surface area contributed by atoms with E-state index in [1.807, 2.05) is 64.9 Å². The van der Waals surface area contributed by atoms with Gasteiger partial charge in [-0.1, -0.05) is 36.0 Å². The first-order valence-electron chi connectivity index (χ1n) is 10.3. The van der Waals surface area contributed by atoms with Gasteiger partial charge in [-0.3, -0.25) is 9.36 Å². The molecule has 1 aromatic heterocycles. The highest BCUT2D eigenvalue weighted by atomic mass is 32.2. The molecular weight excluding hydrogens is 408 g/mol. The molecule has 1 aliphatic rings. The smallest absolute Gasteiger partial charge is 0.240 e. The van der Waals surface area contributed by atoms with Crippen LogP contribution in [-0.4, -0.2) is 39.1 Å². The maximum atomic E-state index is 13.4. The number of hydrogen-bond acceptors (Lipinski definition) is 5. The lowest BCUT2D eigenvalue weighted by Crippen LogP contribution is -2.40. The summed E-state index contributed by atoms with van der Waals surface area (Å²) in [5, 5.41) is 9.19. The van der Waals surface area contributed by atoms with Crippen molar-refractivity contribution in [2.75, 3.05) is 12.0 Å². The van der Waals surface area contributed by atoms with Gasteiger partial charge >= 0.3 is 0 Å². The number of rotatable bonds is 7. The molecule has 2 aromatic carbocycles. The van der Waals surface area contributed by atoms with E-state index in [2.05, 4.69) is 29.8 Å². The van der Waals surface area contributed by atoms with Gasteiger partial charge in [0.25, 0.3) is 0 Å². The minimum atomic E-state index is -0.301. The Kier molecular flexibility index (Phi) is 6.13. The standard InChI is InChI=1S/C24H26N4O2S/c1-5-14-27-22(18-10-12-20(30-4)13-11-18)25-26-24(27)31-17(3)23(29)28-16(2)15-19-8-6-7-9-21(19)28/h5-13,16-17H,1,14-15H2,2-4H3. The fraction of sp³-hybridized carbons (Fsp3) is 0.292. The molecule has 0 bridgehead atoms. The van der Waals surface area contributed by atoms with Gasteiger partial charge in [0.2, 0.25) is 5.91 Å². The molecule has 2 heterocycles. The van der Waals surface area contributed by atoms with Crippen LogP contribution in [0.1, 0.15) is 19.4 Å². The quantitative estimate of drug-likeness (QED) is 0.402.